The number of hydrogen-bond donors (Lipinski definition) is 0. The molecule has 2 unspecified atom stereocenters. The second kappa shape index (κ2) is 6.18. The number of ether oxygens (including phenoxy) is 2. The summed E-state index contributed by atoms with van der Waals surface area (Å²) in [5.74, 6) is -1.29. The average molecular weight is 200 g/mol. The van der Waals surface area contributed by atoms with Crippen LogP contribution >= 0.6 is 0 Å². The number of esters is 2. The highest BCUT2D eigenvalue weighted by Gasteiger charge is 2.24. The van der Waals surface area contributed by atoms with Crippen molar-refractivity contribution in [2.45, 2.75) is 26.9 Å². The van der Waals surface area contributed by atoms with Crippen molar-refractivity contribution in [3.05, 3.63) is 12.2 Å². The lowest BCUT2D eigenvalue weighted by atomic mass is 10.0. The first-order valence-corrected chi connectivity index (χ1v) is 4.40. The SMILES string of the molecule is C/C=C/C(OC(C)=O)C(C)C(=O)OC. The zero-order valence-electron chi connectivity index (χ0n) is 8.94. The molecule has 4 nitrogen and oxygen atoms in total. The molecule has 2 atom stereocenters. The molecule has 0 N–H and O–H groups in total. The lowest BCUT2D eigenvalue weighted by Crippen LogP contribution is -2.29. The molecule has 0 aliphatic heterocycles. The summed E-state index contributed by atoms with van der Waals surface area (Å²) in [7, 11) is 1.30. The molecule has 0 rings (SSSR count). The van der Waals surface area contributed by atoms with Crippen LogP contribution in [0.2, 0.25) is 0 Å². The largest absolute Gasteiger partial charge is 0.469 e. The Hall–Kier alpha value is -1.32. The van der Waals surface area contributed by atoms with Crippen molar-refractivity contribution in [2.24, 2.45) is 5.92 Å². The van der Waals surface area contributed by atoms with Gasteiger partial charge in [0, 0.05) is 6.92 Å². The number of allylic oxidation sites excluding steroid dienone is 1. The van der Waals surface area contributed by atoms with Crippen LogP contribution in [0.5, 0.6) is 0 Å². The van der Waals surface area contributed by atoms with Gasteiger partial charge < -0.3 is 9.47 Å². The van der Waals surface area contributed by atoms with E-state index in [1.807, 2.05) is 0 Å². The van der Waals surface area contributed by atoms with Gasteiger partial charge in [-0.3, -0.25) is 9.59 Å². The van der Waals surface area contributed by atoms with E-state index in [-0.39, 0.29) is 0 Å². The summed E-state index contributed by atoms with van der Waals surface area (Å²) in [5.41, 5.74) is 0. The van der Waals surface area contributed by atoms with Gasteiger partial charge in [-0.1, -0.05) is 6.08 Å². The van der Waals surface area contributed by atoms with E-state index < -0.39 is 24.0 Å². The zero-order chi connectivity index (χ0) is 11.1. The lowest BCUT2D eigenvalue weighted by molar-refractivity contribution is -0.155. The van der Waals surface area contributed by atoms with Gasteiger partial charge in [0.25, 0.3) is 0 Å². The van der Waals surface area contributed by atoms with Crippen molar-refractivity contribution in [1.82, 2.24) is 0 Å². The molecule has 0 aliphatic carbocycles. The molecule has 14 heavy (non-hydrogen) atoms. The minimum absolute atomic E-state index is 0.394. The quantitative estimate of drug-likeness (QED) is 0.507. The topological polar surface area (TPSA) is 52.6 Å². The van der Waals surface area contributed by atoms with E-state index in [0.717, 1.165) is 0 Å². The van der Waals surface area contributed by atoms with Crippen LogP contribution in [0.1, 0.15) is 20.8 Å². The summed E-state index contributed by atoms with van der Waals surface area (Å²) >= 11 is 0. The Morgan fingerprint density at radius 2 is 1.93 bits per heavy atom. The van der Waals surface area contributed by atoms with Gasteiger partial charge >= 0.3 is 11.9 Å². The first-order valence-electron chi connectivity index (χ1n) is 4.40. The summed E-state index contributed by atoms with van der Waals surface area (Å²) in [6.45, 7) is 4.75. The van der Waals surface area contributed by atoms with Crippen molar-refractivity contribution in [3.8, 4) is 0 Å². The van der Waals surface area contributed by atoms with E-state index in [4.69, 9.17) is 4.74 Å². The highest BCUT2D eigenvalue weighted by Crippen LogP contribution is 2.11. The fourth-order valence-electron chi connectivity index (χ4n) is 1.01. The molecule has 0 radical (unpaired) electrons. The molecule has 0 aromatic carbocycles. The fourth-order valence-corrected chi connectivity index (χ4v) is 1.01. The highest BCUT2D eigenvalue weighted by atomic mass is 16.6. The molecular weight excluding hydrogens is 184 g/mol. The molecule has 0 fully saturated rings. The third kappa shape index (κ3) is 4.07. The maximum Gasteiger partial charge on any atom is 0.312 e. The average Bonchev–Trinajstić information content (AvgIpc) is 2.14. The molecule has 0 bridgehead atoms. The molecule has 0 aromatic heterocycles. The van der Waals surface area contributed by atoms with Gasteiger partial charge in [0.1, 0.15) is 6.10 Å². The van der Waals surface area contributed by atoms with Crippen LogP contribution in [0.4, 0.5) is 0 Å². The molecule has 80 valence electrons. The van der Waals surface area contributed by atoms with E-state index in [0.29, 0.717) is 0 Å². The van der Waals surface area contributed by atoms with E-state index in [2.05, 4.69) is 4.74 Å². The van der Waals surface area contributed by atoms with Crippen molar-refractivity contribution < 1.29 is 19.1 Å². The minimum atomic E-state index is -0.551. The number of methoxy groups -OCH3 is 1. The number of hydrogen-bond acceptors (Lipinski definition) is 4. The van der Waals surface area contributed by atoms with E-state index in [1.165, 1.54) is 14.0 Å². The van der Waals surface area contributed by atoms with E-state index >= 15 is 0 Å². The Kier molecular flexibility index (Phi) is 5.60. The van der Waals surface area contributed by atoms with Gasteiger partial charge in [-0.25, -0.2) is 0 Å². The molecule has 0 amide bonds. The van der Waals surface area contributed by atoms with Crippen LogP contribution in [0.25, 0.3) is 0 Å². The zero-order valence-corrected chi connectivity index (χ0v) is 8.94. The minimum Gasteiger partial charge on any atom is -0.469 e. The molecule has 0 heterocycles. The Labute approximate surface area is 83.9 Å². The first kappa shape index (κ1) is 12.7. The van der Waals surface area contributed by atoms with Crippen LogP contribution in [-0.4, -0.2) is 25.2 Å². The summed E-state index contributed by atoms with van der Waals surface area (Å²) in [6.07, 6.45) is 2.83. The lowest BCUT2D eigenvalue weighted by Gasteiger charge is -2.18. The number of rotatable bonds is 4. The highest BCUT2D eigenvalue weighted by molar-refractivity contribution is 5.74. The number of carbonyl (C=O) groups is 2. The summed E-state index contributed by atoms with van der Waals surface area (Å²) in [4.78, 5) is 21.9. The Morgan fingerprint density at radius 3 is 2.29 bits per heavy atom. The predicted octanol–water partition coefficient (Wildman–Crippen LogP) is 1.30. The van der Waals surface area contributed by atoms with Gasteiger partial charge in [-0.2, -0.15) is 0 Å². The molecule has 0 spiro atoms. The molecule has 0 saturated carbocycles. The molecular formula is C10H16O4. The number of carbonyl (C=O) groups excluding carboxylic acids is 2. The van der Waals surface area contributed by atoms with Crippen molar-refractivity contribution in [3.63, 3.8) is 0 Å². The monoisotopic (exact) mass is 200 g/mol. The third-order valence-electron chi connectivity index (χ3n) is 1.75. The summed E-state index contributed by atoms with van der Waals surface area (Å²) in [5, 5.41) is 0. The normalized spacial score (nSPS) is 14.9. The molecule has 0 aliphatic rings. The van der Waals surface area contributed by atoms with Crippen molar-refractivity contribution >= 4 is 11.9 Å². The maximum absolute atomic E-state index is 11.2. The van der Waals surface area contributed by atoms with Crippen LogP contribution in [-0.2, 0) is 19.1 Å². The fraction of sp³-hybridized carbons (Fsp3) is 0.600. The van der Waals surface area contributed by atoms with Gasteiger partial charge in [-0.05, 0) is 19.9 Å². The maximum atomic E-state index is 11.2. The third-order valence-corrected chi connectivity index (χ3v) is 1.75. The predicted molar refractivity (Wildman–Crippen MR) is 51.5 cm³/mol. The molecule has 0 aromatic rings. The van der Waals surface area contributed by atoms with Crippen LogP contribution in [0, 0.1) is 5.92 Å². The van der Waals surface area contributed by atoms with Gasteiger partial charge in [0.2, 0.25) is 0 Å². The second-order valence-corrected chi connectivity index (χ2v) is 2.91. The Balaban J connectivity index is 4.47. The first-order chi connectivity index (χ1) is 6.52. The van der Waals surface area contributed by atoms with Crippen LogP contribution < -0.4 is 0 Å². The van der Waals surface area contributed by atoms with E-state index in [1.54, 1.807) is 26.0 Å². The van der Waals surface area contributed by atoms with Crippen LogP contribution in [0.3, 0.4) is 0 Å². The molecule has 0 saturated heterocycles. The molecule has 4 heteroatoms. The Bertz CT molecular complexity index is 232. The van der Waals surface area contributed by atoms with Gasteiger partial charge in [0.15, 0.2) is 0 Å². The smallest absolute Gasteiger partial charge is 0.312 e. The van der Waals surface area contributed by atoms with Gasteiger partial charge in [0.05, 0.1) is 13.0 Å². The van der Waals surface area contributed by atoms with Crippen molar-refractivity contribution in [2.75, 3.05) is 7.11 Å². The summed E-state index contributed by atoms with van der Waals surface area (Å²) < 4.78 is 9.51. The van der Waals surface area contributed by atoms with E-state index in [9.17, 15) is 9.59 Å². The standard InChI is InChI=1S/C10H16O4/c1-5-6-9(14-8(3)11)7(2)10(12)13-4/h5-7,9H,1-4H3/b6-5+. The second-order valence-electron chi connectivity index (χ2n) is 2.91. The van der Waals surface area contributed by atoms with Gasteiger partial charge in [-0.15, -0.1) is 0 Å². The van der Waals surface area contributed by atoms with Crippen molar-refractivity contribution in [1.29, 1.82) is 0 Å². The van der Waals surface area contributed by atoms with Crippen LogP contribution in [0.15, 0.2) is 12.2 Å². The summed E-state index contributed by atoms with van der Waals surface area (Å²) in [6, 6.07) is 0. The Morgan fingerprint density at radius 1 is 1.36 bits per heavy atom.